The van der Waals surface area contributed by atoms with E-state index in [-0.39, 0.29) is 22.9 Å². The van der Waals surface area contributed by atoms with Gasteiger partial charge in [-0.1, -0.05) is 6.07 Å². The molecule has 0 saturated carbocycles. The predicted octanol–water partition coefficient (Wildman–Crippen LogP) is -0.00590. The summed E-state index contributed by atoms with van der Waals surface area (Å²) in [4.78, 5) is 12.7. The molecule has 1 aromatic heterocycles. The number of aromatic nitrogens is 1. The maximum Gasteiger partial charge on any atom is 0.247 e. The number of nitrogens with one attached hydrogen (secondary N) is 1. The third kappa shape index (κ3) is 1.97. The lowest BCUT2D eigenvalue weighted by Gasteiger charge is -1.73. The standard InChI is InChI=1S/C5H5NO.Al/c7-5-3-1-2-4-6-5;/h1-4H,(H,6,7);. The Morgan fingerprint density at radius 1 is 1.38 bits per heavy atom. The van der Waals surface area contributed by atoms with Crippen LogP contribution in [0.25, 0.3) is 0 Å². The van der Waals surface area contributed by atoms with Crippen molar-refractivity contribution in [3.8, 4) is 0 Å². The van der Waals surface area contributed by atoms with Gasteiger partial charge in [0.15, 0.2) is 0 Å². The molecule has 0 saturated heterocycles. The molecule has 0 aliphatic rings. The monoisotopic (exact) mass is 122 g/mol. The Labute approximate surface area is 57.7 Å². The van der Waals surface area contributed by atoms with Crippen LogP contribution in [0.4, 0.5) is 0 Å². The second-order valence-electron chi connectivity index (χ2n) is 1.23. The Balaban J connectivity index is 0.000000490. The van der Waals surface area contributed by atoms with Gasteiger partial charge in [-0.25, -0.2) is 0 Å². The molecule has 0 fully saturated rings. The lowest BCUT2D eigenvalue weighted by Crippen LogP contribution is -1.98. The van der Waals surface area contributed by atoms with E-state index in [1.54, 1.807) is 18.3 Å². The van der Waals surface area contributed by atoms with Crippen molar-refractivity contribution in [1.29, 1.82) is 0 Å². The summed E-state index contributed by atoms with van der Waals surface area (Å²) in [7, 11) is 0. The van der Waals surface area contributed by atoms with E-state index < -0.39 is 0 Å². The van der Waals surface area contributed by atoms with Gasteiger partial charge >= 0.3 is 0 Å². The van der Waals surface area contributed by atoms with E-state index in [1.165, 1.54) is 6.07 Å². The number of H-pyrrole nitrogens is 1. The quantitative estimate of drug-likeness (QED) is 0.482. The van der Waals surface area contributed by atoms with Gasteiger partial charge in [-0.2, -0.15) is 0 Å². The smallest absolute Gasteiger partial charge is 0.247 e. The normalized spacial score (nSPS) is 7.50. The van der Waals surface area contributed by atoms with Crippen molar-refractivity contribution in [2.75, 3.05) is 0 Å². The number of hydrogen-bond donors (Lipinski definition) is 1. The molecule has 0 amide bonds. The largest absolute Gasteiger partial charge is 0.329 e. The number of hydrogen-bond acceptors (Lipinski definition) is 1. The molecular formula is C5H5AlNO. The predicted molar refractivity (Wildman–Crippen MR) is 32.8 cm³/mol. The fourth-order valence-corrected chi connectivity index (χ4v) is 0.377. The minimum Gasteiger partial charge on any atom is -0.329 e. The Bertz CT molecular complexity index is 178. The first-order chi connectivity index (χ1) is 3.39. The van der Waals surface area contributed by atoms with Gasteiger partial charge in [0.05, 0.1) is 0 Å². The van der Waals surface area contributed by atoms with Gasteiger partial charge < -0.3 is 4.98 Å². The highest BCUT2D eigenvalue weighted by Gasteiger charge is 1.69. The summed E-state index contributed by atoms with van der Waals surface area (Å²) in [5.74, 6) is 0. The highest BCUT2D eigenvalue weighted by molar-refractivity contribution is 5.75. The third-order valence-electron chi connectivity index (χ3n) is 0.681. The first-order valence-corrected chi connectivity index (χ1v) is 2.03. The molecule has 3 heteroatoms. The van der Waals surface area contributed by atoms with Crippen LogP contribution >= 0.6 is 0 Å². The van der Waals surface area contributed by atoms with E-state index in [9.17, 15) is 4.79 Å². The van der Waals surface area contributed by atoms with Crippen LogP contribution in [0, 0.1) is 0 Å². The average molecular weight is 122 g/mol. The zero-order valence-electron chi connectivity index (χ0n) is 4.29. The molecule has 3 radical (unpaired) electrons. The SMILES string of the molecule is O=c1cccc[nH]1.[Al]. The minimum atomic E-state index is -0.0532. The van der Waals surface area contributed by atoms with Gasteiger partial charge in [0.25, 0.3) is 0 Å². The van der Waals surface area contributed by atoms with Crippen LogP contribution in [0.1, 0.15) is 0 Å². The molecule has 39 valence electrons. The summed E-state index contributed by atoms with van der Waals surface area (Å²) in [6.45, 7) is 0. The summed E-state index contributed by atoms with van der Waals surface area (Å²) >= 11 is 0. The van der Waals surface area contributed by atoms with E-state index in [0.717, 1.165) is 0 Å². The van der Waals surface area contributed by atoms with Crippen LogP contribution in [-0.2, 0) is 0 Å². The second-order valence-corrected chi connectivity index (χ2v) is 1.23. The Hall–Kier alpha value is -0.518. The van der Waals surface area contributed by atoms with Gasteiger partial charge in [-0.15, -0.1) is 0 Å². The fourth-order valence-electron chi connectivity index (χ4n) is 0.377. The first-order valence-electron chi connectivity index (χ1n) is 2.03. The Morgan fingerprint density at radius 2 is 2.12 bits per heavy atom. The van der Waals surface area contributed by atoms with Gasteiger partial charge in [-0.05, 0) is 6.07 Å². The van der Waals surface area contributed by atoms with Crippen LogP contribution in [0.2, 0.25) is 0 Å². The van der Waals surface area contributed by atoms with Crippen LogP contribution in [0.15, 0.2) is 29.2 Å². The van der Waals surface area contributed by atoms with Crippen LogP contribution in [-0.4, -0.2) is 22.3 Å². The van der Waals surface area contributed by atoms with Crippen LogP contribution in [0.3, 0.4) is 0 Å². The average Bonchev–Trinajstić information content (AvgIpc) is 1.69. The molecule has 0 spiro atoms. The molecule has 1 N–H and O–H groups in total. The molecule has 0 bridgehead atoms. The lowest BCUT2D eigenvalue weighted by atomic mass is 10.5. The topological polar surface area (TPSA) is 32.9 Å². The molecule has 0 unspecified atom stereocenters. The molecule has 8 heavy (non-hydrogen) atoms. The van der Waals surface area contributed by atoms with E-state index in [0.29, 0.717) is 0 Å². The summed E-state index contributed by atoms with van der Waals surface area (Å²) in [5.41, 5.74) is -0.0532. The molecular weight excluding hydrogens is 117 g/mol. The van der Waals surface area contributed by atoms with E-state index in [1.807, 2.05) is 0 Å². The first kappa shape index (κ1) is 7.48. The molecule has 0 aromatic carbocycles. The minimum absolute atomic E-state index is 0. The van der Waals surface area contributed by atoms with Crippen molar-refractivity contribution in [3.63, 3.8) is 0 Å². The fraction of sp³-hybridized carbons (Fsp3) is 0. The molecule has 0 aliphatic carbocycles. The number of pyridine rings is 1. The van der Waals surface area contributed by atoms with Gasteiger partial charge in [0.1, 0.15) is 0 Å². The summed E-state index contributed by atoms with van der Waals surface area (Å²) < 4.78 is 0. The summed E-state index contributed by atoms with van der Waals surface area (Å²) in [6, 6.07) is 4.93. The van der Waals surface area contributed by atoms with Crippen molar-refractivity contribution in [2.24, 2.45) is 0 Å². The Kier molecular flexibility index (Phi) is 3.26. The number of rotatable bonds is 0. The van der Waals surface area contributed by atoms with E-state index >= 15 is 0 Å². The van der Waals surface area contributed by atoms with E-state index in [4.69, 9.17) is 0 Å². The van der Waals surface area contributed by atoms with Crippen molar-refractivity contribution in [2.45, 2.75) is 0 Å². The number of aromatic amines is 1. The third-order valence-corrected chi connectivity index (χ3v) is 0.681. The van der Waals surface area contributed by atoms with Crippen molar-refractivity contribution >= 4 is 17.4 Å². The lowest BCUT2D eigenvalue weighted by molar-refractivity contribution is 1.24. The second kappa shape index (κ2) is 3.48. The summed E-state index contributed by atoms with van der Waals surface area (Å²) in [6.07, 6.45) is 1.60. The molecule has 0 atom stereocenters. The van der Waals surface area contributed by atoms with E-state index in [2.05, 4.69) is 4.98 Å². The maximum absolute atomic E-state index is 10.2. The maximum atomic E-state index is 10.2. The van der Waals surface area contributed by atoms with Gasteiger partial charge in [-0.3, -0.25) is 4.79 Å². The van der Waals surface area contributed by atoms with Gasteiger partial charge in [0, 0.05) is 29.6 Å². The molecule has 1 heterocycles. The Morgan fingerprint density at radius 3 is 2.38 bits per heavy atom. The molecule has 1 aromatic rings. The molecule has 2 nitrogen and oxygen atoms in total. The highest BCUT2D eigenvalue weighted by Crippen LogP contribution is 1.67. The highest BCUT2D eigenvalue weighted by atomic mass is 27.0. The zero-order valence-corrected chi connectivity index (χ0v) is 5.45. The van der Waals surface area contributed by atoms with Gasteiger partial charge in [0.2, 0.25) is 5.56 Å². The van der Waals surface area contributed by atoms with Crippen LogP contribution < -0.4 is 5.56 Å². The molecule has 1 rings (SSSR count). The van der Waals surface area contributed by atoms with Crippen LogP contribution in [0.5, 0.6) is 0 Å². The zero-order chi connectivity index (χ0) is 5.11. The van der Waals surface area contributed by atoms with Crippen molar-refractivity contribution in [1.82, 2.24) is 4.98 Å². The van der Waals surface area contributed by atoms with Crippen molar-refractivity contribution in [3.05, 3.63) is 34.7 Å². The molecule has 0 aliphatic heterocycles. The van der Waals surface area contributed by atoms with Crippen molar-refractivity contribution < 1.29 is 0 Å². The summed E-state index contributed by atoms with van der Waals surface area (Å²) in [5, 5.41) is 0.